The maximum Gasteiger partial charge on any atom is 0.397 e. The molecular formula is C10H23NO5S. The van der Waals surface area contributed by atoms with Gasteiger partial charge in [0.15, 0.2) is 0 Å². The van der Waals surface area contributed by atoms with Crippen LogP contribution < -0.4 is 5.73 Å². The van der Waals surface area contributed by atoms with Crippen LogP contribution in [0.1, 0.15) is 39.0 Å². The average molecular weight is 269 g/mol. The van der Waals surface area contributed by atoms with E-state index in [9.17, 15) is 13.5 Å². The van der Waals surface area contributed by atoms with Crippen molar-refractivity contribution in [2.45, 2.75) is 45.1 Å². The number of hydrogen-bond donors (Lipinski definition) is 3. The summed E-state index contributed by atoms with van der Waals surface area (Å²) in [5.74, 6) is 0.460. The first-order valence-corrected chi connectivity index (χ1v) is 7.21. The highest BCUT2D eigenvalue weighted by atomic mass is 32.3. The Kier molecular flexibility index (Phi) is 8.71. The third-order valence-corrected chi connectivity index (χ3v) is 3.05. The predicted molar refractivity (Wildman–Crippen MR) is 64.8 cm³/mol. The molecule has 6 nitrogen and oxygen atoms in total. The maximum atomic E-state index is 10.2. The molecule has 0 aromatic rings. The molecule has 0 saturated heterocycles. The van der Waals surface area contributed by atoms with Crippen LogP contribution in [-0.4, -0.2) is 37.3 Å². The Labute approximate surface area is 103 Å². The van der Waals surface area contributed by atoms with Crippen molar-refractivity contribution in [3.63, 3.8) is 0 Å². The van der Waals surface area contributed by atoms with Crippen molar-refractivity contribution < 1.29 is 22.3 Å². The number of rotatable bonds is 10. The Morgan fingerprint density at radius 2 is 1.88 bits per heavy atom. The number of hydrogen-bond acceptors (Lipinski definition) is 5. The van der Waals surface area contributed by atoms with Gasteiger partial charge in [-0.05, 0) is 25.2 Å². The highest BCUT2D eigenvalue weighted by molar-refractivity contribution is 7.80. The number of aliphatic hydroxyl groups excluding tert-OH is 1. The molecule has 7 heteroatoms. The number of aliphatic hydroxyl groups is 1. The third kappa shape index (κ3) is 12.0. The molecule has 0 aliphatic rings. The molecule has 0 aliphatic heterocycles. The van der Waals surface area contributed by atoms with Crippen LogP contribution >= 0.6 is 0 Å². The molecule has 2 atom stereocenters. The van der Waals surface area contributed by atoms with Gasteiger partial charge in [-0.2, -0.15) is 8.42 Å². The number of nitrogens with two attached hydrogens (primary N) is 1. The van der Waals surface area contributed by atoms with E-state index in [0.717, 1.165) is 19.3 Å². The van der Waals surface area contributed by atoms with Crippen LogP contribution in [0.3, 0.4) is 0 Å². The first-order chi connectivity index (χ1) is 7.85. The lowest BCUT2D eigenvalue weighted by molar-refractivity contribution is 0.162. The molecule has 0 bridgehead atoms. The molecule has 0 fully saturated rings. The van der Waals surface area contributed by atoms with E-state index in [1.165, 1.54) is 0 Å². The van der Waals surface area contributed by atoms with E-state index >= 15 is 0 Å². The van der Waals surface area contributed by atoms with E-state index in [4.69, 9.17) is 10.3 Å². The van der Waals surface area contributed by atoms with Crippen LogP contribution in [0, 0.1) is 5.92 Å². The molecule has 17 heavy (non-hydrogen) atoms. The van der Waals surface area contributed by atoms with E-state index in [0.29, 0.717) is 18.8 Å². The summed E-state index contributed by atoms with van der Waals surface area (Å²) in [6.45, 7) is 2.37. The Balaban J connectivity index is 3.42. The van der Waals surface area contributed by atoms with Gasteiger partial charge >= 0.3 is 10.4 Å². The summed E-state index contributed by atoms with van der Waals surface area (Å²) in [4.78, 5) is 0. The molecule has 2 unspecified atom stereocenters. The Morgan fingerprint density at radius 3 is 2.41 bits per heavy atom. The van der Waals surface area contributed by atoms with Gasteiger partial charge in [0.25, 0.3) is 0 Å². The van der Waals surface area contributed by atoms with Crippen LogP contribution in [0.5, 0.6) is 0 Å². The lowest BCUT2D eigenvalue weighted by Crippen LogP contribution is -2.20. The fourth-order valence-corrected chi connectivity index (χ4v) is 1.83. The van der Waals surface area contributed by atoms with Crippen LogP contribution in [0.4, 0.5) is 0 Å². The minimum atomic E-state index is -4.30. The molecule has 104 valence electrons. The van der Waals surface area contributed by atoms with Crippen molar-refractivity contribution in [1.29, 1.82) is 0 Å². The predicted octanol–water partition coefficient (Wildman–Crippen LogP) is 0.712. The fourth-order valence-electron chi connectivity index (χ4n) is 1.50. The standard InChI is InChI=1S/C10H23NO5S/c1-9(5-6-10(12)8-11)4-2-3-7-16-17(13,14)15/h9-10,12H,2-8,11H2,1H3,(H,13,14,15). The molecule has 0 spiro atoms. The molecule has 0 rings (SSSR count). The molecule has 0 radical (unpaired) electrons. The monoisotopic (exact) mass is 269 g/mol. The summed E-state index contributed by atoms with van der Waals surface area (Å²) < 4.78 is 33.0. The normalized spacial score (nSPS) is 15.8. The summed E-state index contributed by atoms with van der Waals surface area (Å²) in [7, 11) is -4.30. The highest BCUT2D eigenvalue weighted by Crippen LogP contribution is 2.15. The highest BCUT2D eigenvalue weighted by Gasteiger charge is 2.07. The Bertz CT molecular complexity index is 280. The average Bonchev–Trinajstić information content (AvgIpc) is 2.23. The minimum Gasteiger partial charge on any atom is -0.392 e. The van der Waals surface area contributed by atoms with Crippen molar-refractivity contribution in [3.8, 4) is 0 Å². The lowest BCUT2D eigenvalue weighted by Gasteiger charge is -2.13. The lowest BCUT2D eigenvalue weighted by atomic mass is 9.97. The molecular weight excluding hydrogens is 246 g/mol. The van der Waals surface area contributed by atoms with Crippen molar-refractivity contribution >= 4 is 10.4 Å². The summed E-state index contributed by atoms with van der Waals surface area (Å²) in [5.41, 5.74) is 5.29. The van der Waals surface area contributed by atoms with Crippen molar-refractivity contribution in [2.24, 2.45) is 11.7 Å². The van der Waals surface area contributed by atoms with Crippen LogP contribution in [0.25, 0.3) is 0 Å². The zero-order valence-electron chi connectivity index (χ0n) is 10.2. The molecule has 0 aromatic heterocycles. The molecule has 4 N–H and O–H groups in total. The Morgan fingerprint density at radius 1 is 1.24 bits per heavy atom. The summed E-state index contributed by atoms with van der Waals surface area (Å²) in [6.07, 6.45) is 3.52. The third-order valence-electron chi connectivity index (χ3n) is 2.59. The van der Waals surface area contributed by atoms with Gasteiger partial charge in [0.1, 0.15) is 0 Å². The van der Waals surface area contributed by atoms with Gasteiger partial charge in [-0.3, -0.25) is 4.55 Å². The largest absolute Gasteiger partial charge is 0.397 e. The van der Waals surface area contributed by atoms with Gasteiger partial charge in [-0.25, -0.2) is 4.18 Å². The van der Waals surface area contributed by atoms with Gasteiger partial charge in [0.2, 0.25) is 0 Å². The van der Waals surface area contributed by atoms with Gasteiger partial charge < -0.3 is 10.8 Å². The van der Waals surface area contributed by atoms with E-state index in [1.54, 1.807) is 0 Å². The van der Waals surface area contributed by atoms with Crippen molar-refractivity contribution in [2.75, 3.05) is 13.2 Å². The van der Waals surface area contributed by atoms with Crippen LogP contribution in [0.15, 0.2) is 0 Å². The van der Waals surface area contributed by atoms with Gasteiger partial charge in [0, 0.05) is 6.54 Å². The zero-order valence-corrected chi connectivity index (χ0v) is 11.0. The van der Waals surface area contributed by atoms with E-state index in [1.807, 2.05) is 0 Å². The second kappa shape index (κ2) is 8.82. The van der Waals surface area contributed by atoms with Gasteiger partial charge in [-0.15, -0.1) is 0 Å². The molecule has 0 aromatic carbocycles. The van der Waals surface area contributed by atoms with Gasteiger partial charge in [0.05, 0.1) is 12.7 Å². The quantitative estimate of drug-likeness (QED) is 0.398. The minimum absolute atomic E-state index is 0.0109. The van der Waals surface area contributed by atoms with Crippen molar-refractivity contribution in [3.05, 3.63) is 0 Å². The van der Waals surface area contributed by atoms with E-state index in [2.05, 4.69) is 11.1 Å². The van der Waals surface area contributed by atoms with Gasteiger partial charge in [-0.1, -0.05) is 19.8 Å². The summed E-state index contributed by atoms with van der Waals surface area (Å²) in [6, 6.07) is 0. The first kappa shape index (κ1) is 16.8. The smallest absolute Gasteiger partial charge is 0.392 e. The van der Waals surface area contributed by atoms with Crippen LogP contribution in [0.2, 0.25) is 0 Å². The SMILES string of the molecule is CC(CCCCOS(=O)(=O)O)CCC(O)CN. The molecule has 0 amide bonds. The fraction of sp³-hybridized carbons (Fsp3) is 1.00. The zero-order chi connectivity index (χ0) is 13.3. The molecule has 0 heterocycles. The second-order valence-corrected chi connectivity index (χ2v) is 5.41. The maximum absolute atomic E-state index is 10.2. The van der Waals surface area contributed by atoms with Crippen LogP contribution in [-0.2, 0) is 14.6 Å². The summed E-state index contributed by atoms with van der Waals surface area (Å²) >= 11 is 0. The first-order valence-electron chi connectivity index (χ1n) is 5.85. The van der Waals surface area contributed by atoms with E-state index < -0.39 is 16.5 Å². The van der Waals surface area contributed by atoms with Crippen molar-refractivity contribution in [1.82, 2.24) is 0 Å². The second-order valence-electron chi connectivity index (χ2n) is 4.32. The van der Waals surface area contributed by atoms with E-state index in [-0.39, 0.29) is 13.2 Å². The molecule has 0 aliphatic carbocycles. The topological polar surface area (TPSA) is 110 Å². The summed E-state index contributed by atoms with van der Waals surface area (Å²) in [5, 5.41) is 9.27. The Hall–Kier alpha value is -0.210. The molecule has 0 saturated carbocycles. The number of unbranched alkanes of at least 4 members (excludes halogenated alkanes) is 1.